The zero-order valence-corrected chi connectivity index (χ0v) is 18.9. The summed E-state index contributed by atoms with van der Waals surface area (Å²) >= 11 is 11.6. The molecule has 1 aliphatic carbocycles. The van der Waals surface area contributed by atoms with Crippen LogP contribution in [0.4, 0.5) is 0 Å². The Hall–Kier alpha value is -2.48. The van der Waals surface area contributed by atoms with E-state index in [2.05, 4.69) is 10.6 Å². The van der Waals surface area contributed by atoms with Gasteiger partial charge in [0.15, 0.2) is 12.7 Å². The number of carbonyl (C=O) groups excluding carboxylic acids is 2. The molecule has 2 aromatic rings. The number of nitrogens with one attached hydrogen (secondary N) is 2. The van der Waals surface area contributed by atoms with Crippen LogP contribution in [-0.4, -0.2) is 48.3 Å². The van der Waals surface area contributed by atoms with Crippen LogP contribution in [-0.2, 0) is 9.59 Å². The molecule has 2 aromatic carbocycles. The van der Waals surface area contributed by atoms with Crippen molar-refractivity contribution in [3.8, 4) is 11.5 Å². The predicted octanol–water partition coefficient (Wildman–Crippen LogP) is 3.36. The lowest BCUT2D eigenvalue weighted by atomic mass is 9.91. The average Bonchev–Trinajstić information content (AvgIpc) is 2.79. The summed E-state index contributed by atoms with van der Waals surface area (Å²) in [5.41, 5.74) is 0. The molecule has 0 bridgehead atoms. The number of amides is 2. The van der Waals surface area contributed by atoms with Crippen LogP contribution in [0.15, 0.2) is 48.5 Å². The second-order valence-corrected chi connectivity index (χ2v) is 8.52. The van der Waals surface area contributed by atoms with Gasteiger partial charge < -0.3 is 25.2 Å². The highest BCUT2D eigenvalue weighted by molar-refractivity contribution is 6.30. The zero-order chi connectivity index (χ0) is 22.9. The number of aliphatic hydroxyl groups is 1. The van der Waals surface area contributed by atoms with Crippen LogP contribution in [0.1, 0.15) is 25.7 Å². The van der Waals surface area contributed by atoms with E-state index in [-0.39, 0.29) is 31.2 Å². The number of carbonyl (C=O) groups is 2. The van der Waals surface area contributed by atoms with Gasteiger partial charge in [0.1, 0.15) is 18.1 Å². The number of rotatable bonds is 9. The summed E-state index contributed by atoms with van der Waals surface area (Å²) in [6, 6.07) is 13.5. The smallest absolute Gasteiger partial charge is 0.258 e. The fraction of sp³-hybridized carbons (Fsp3) is 0.391. The Bertz CT molecular complexity index is 884. The van der Waals surface area contributed by atoms with Crippen molar-refractivity contribution < 1.29 is 24.2 Å². The maximum absolute atomic E-state index is 12.2. The minimum atomic E-state index is -1.27. The summed E-state index contributed by atoms with van der Waals surface area (Å²) in [4.78, 5) is 24.4. The van der Waals surface area contributed by atoms with Crippen LogP contribution < -0.4 is 20.1 Å². The Morgan fingerprint density at radius 2 is 1.31 bits per heavy atom. The molecule has 3 rings (SSSR count). The SMILES string of the molecule is O=C(COc1ccc(Cl)cc1)N[C@H]1CC[C@@H](NC(=O)C(O)COc2ccc(Cl)cc2)CC1. The van der Waals surface area contributed by atoms with Gasteiger partial charge in [0.25, 0.3) is 11.8 Å². The quantitative estimate of drug-likeness (QED) is 0.511. The average molecular weight is 481 g/mol. The van der Waals surface area contributed by atoms with Gasteiger partial charge in [-0.05, 0) is 74.2 Å². The van der Waals surface area contributed by atoms with Crippen molar-refractivity contribution in [2.75, 3.05) is 13.2 Å². The Morgan fingerprint density at radius 1 is 0.844 bits per heavy atom. The fourth-order valence-corrected chi connectivity index (χ4v) is 3.66. The Labute approximate surface area is 197 Å². The minimum absolute atomic E-state index is 0.0302. The standard InChI is InChI=1S/C23H26Cl2N2O5/c24-15-1-9-19(10-2-15)31-13-21(28)23(30)27-18-7-5-17(6-8-18)26-22(29)14-32-20-11-3-16(25)4-12-20/h1-4,9-12,17-18,21,28H,5-8,13-14H2,(H,26,29)(H,27,30)/t17-,18+,21?. The van der Waals surface area contributed by atoms with Gasteiger partial charge in [0, 0.05) is 22.1 Å². The summed E-state index contributed by atoms with van der Waals surface area (Å²) in [5.74, 6) is 0.442. The topological polar surface area (TPSA) is 96.9 Å². The first-order valence-electron chi connectivity index (χ1n) is 10.4. The van der Waals surface area contributed by atoms with Crippen LogP contribution in [0, 0.1) is 0 Å². The number of hydrogen-bond donors (Lipinski definition) is 3. The first-order valence-corrected chi connectivity index (χ1v) is 11.2. The normalized spacial score (nSPS) is 19.0. The third-order valence-corrected chi connectivity index (χ3v) is 5.65. The summed E-state index contributed by atoms with van der Waals surface area (Å²) in [6.45, 7) is -0.218. The van der Waals surface area contributed by atoms with Gasteiger partial charge >= 0.3 is 0 Å². The van der Waals surface area contributed by atoms with E-state index in [9.17, 15) is 14.7 Å². The molecule has 32 heavy (non-hydrogen) atoms. The molecule has 172 valence electrons. The third-order valence-electron chi connectivity index (χ3n) is 5.15. The lowest BCUT2D eigenvalue weighted by molar-refractivity contribution is -0.132. The number of halogens is 2. The minimum Gasteiger partial charge on any atom is -0.490 e. The van der Waals surface area contributed by atoms with E-state index >= 15 is 0 Å². The van der Waals surface area contributed by atoms with E-state index in [4.69, 9.17) is 32.7 Å². The molecular weight excluding hydrogens is 455 g/mol. The molecule has 0 saturated heterocycles. The molecule has 1 unspecified atom stereocenters. The third kappa shape index (κ3) is 7.89. The second kappa shape index (κ2) is 11.9. The van der Waals surface area contributed by atoms with E-state index in [1.807, 2.05) is 0 Å². The van der Waals surface area contributed by atoms with Gasteiger partial charge in [0.2, 0.25) is 0 Å². The van der Waals surface area contributed by atoms with Crippen molar-refractivity contribution in [3.05, 3.63) is 58.6 Å². The predicted molar refractivity (Wildman–Crippen MR) is 122 cm³/mol. The molecule has 0 aliphatic heterocycles. The van der Waals surface area contributed by atoms with Crippen LogP contribution in [0.5, 0.6) is 11.5 Å². The van der Waals surface area contributed by atoms with E-state index in [1.54, 1.807) is 48.5 Å². The maximum Gasteiger partial charge on any atom is 0.258 e. The summed E-state index contributed by atoms with van der Waals surface area (Å²) in [7, 11) is 0. The monoisotopic (exact) mass is 480 g/mol. The molecule has 0 heterocycles. The van der Waals surface area contributed by atoms with Gasteiger partial charge in [-0.3, -0.25) is 9.59 Å². The lowest BCUT2D eigenvalue weighted by Crippen LogP contribution is -2.48. The zero-order valence-electron chi connectivity index (χ0n) is 17.4. The molecule has 0 radical (unpaired) electrons. The molecule has 7 nitrogen and oxygen atoms in total. The number of hydrogen-bond acceptors (Lipinski definition) is 5. The van der Waals surface area contributed by atoms with Gasteiger partial charge in [-0.2, -0.15) is 0 Å². The Balaban J connectivity index is 1.32. The first kappa shape index (κ1) is 24.2. The highest BCUT2D eigenvalue weighted by Gasteiger charge is 2.26. The van der Waals surface area contributed by atoms with Crippen molar-refractivity contribution >= 4 is 35.0 Å². The highest BCUT2D eigenvalue weighted by Crippen LogP contribution is 2.20. The molecule has 1 atom stereocenters. The molecule has 3 N–H and O–H groups in total. The van der Waals surface area contributed by atoms with E-state index in [1.165, 1.54) is 0 Å². The van der Waals surface area contributed by atoms with Crippen LogP contribution in [0.3, 0.4) is 0 Å². The van der Waals surface area contributed by atoms with Crippen molar-refractivity contribution in [3.63, 3.8) is 0 Å². The number of ether oxygens (including phenoxy) is 2. The summed E-state index contributed by atoms with van der Waals surface area (Å²) < 4.78 is 10.9. The maximum atomic E-state index is 12.2. The molecular formula is C23H26Cl2N2O5. The van der Waals surface area contributed by atoms with Gasteiger partial charge in [-0.25, -0.2) is 0 Å². The van der Waals surface area contributed by atoms with Crippen molar-refractivity contribution in [1.29, 1.82) is 0 Å². The second-order valence-electron chi connectivity index (χ2n) is 7.65. The Kier molecular flexibility index (Phi) is 9.02. The van der Waals surface area contributed by atoms with Crippen molar-refractivity contribution in [1.82, 2.24) is 10.6 Å². The van der Waals surface area contributed by atoms with Gasteiger partial charge in [-0.1, -0.05) is 23.2 Å². The van der Waals surface area contributed by atoms with Crippen molar-refractivity contribution in [2.45, 2.75) is 43.9 Å². The molecule has 0 spiro atoms. The fourth-order valence-electron chi connectivity index (χ4n) is 3.41. The molecule has 1 saturated carbocycles. The molecule has 2 amide bonds. The van der Waals surface area contributed by atoms with Gasteiger partial charge in [0.05, 0.1) is 0 Å². The van der Waals surface area contributed by atoms with Gasteiger partial charge in [-0.15, -0.1) is 0 Å². The molecule has 0 aromatic heterocycles. The van der Waals surface area contributed by atoms with Crippen LogP contribution in [0.2, 0.25) is 10.0 Å². The molecule has 9 heteroatoms. The summed E-state index contributed by atoms with van der Waals surface area (Å²) in [6.07, 6.45) is 1.61. The summed E-state index contributed by atoms with van der Waals surface area (Å²) in [5, 5.41) is 17.1. The lowest BCUT2D eigenvalue weighted by Gasteiger charge is -2.30. The van der Waals surface area contributed by atoms with E-state index in [0.29, 0.717) is 34.4 Å². The number of aliphatic hydroxyl groups excluding tert-OH is 1. The largest absolute Gasteiger partial charge is 0.490 e. The van der Waals surface area contributed by atoms with Crippen molar-refractivity contribution in [2.24, 2.45) is 0 Å². The highest BCUT2D eigenvalue weighted by atomic mass is 35.5. The molecule has 1 fully saturated rings. The molecule has 1 aliphatic rings. The first-order chi connectivity index (χ1) is 15.4. The van der Waals surface area contributed by atoms with E-state index in [0.717, 1.165) is 12.8 Å². The Morgan fingerprint density at radius 3 is 1.84 bits per heavy atom. The number of benzene rings is 2. The van der Waals surface area contributed by atoms with Crippen LogP contribution >= 0.6 is 23.2 Å². The van der Waals surface area contributed by atoms with E-state index < -0.39 is 12.0 Å². The van der Waals surface area contributed by atoms with Crippen LogP contribution in [0.25, 0.3) is 0 Å².